The van der Waals surface area contributed by atoms with Crippen molar-refractivity contribution in [2.45, 2.75) is 65.5 Å². The number of phenols is 2. The van der Waals surface area contributed by atoms with Crippen molar-refractivity contribution in [2.75, 3.05) is 10.6 Å². The topological polar surface area (TPSA) is 64.5 Å². The molecule has 234 valence electrons. The maximum atomic E-state index is 11.2. The second-order valence-electron chi connectivity index (χ2n) is 14.3. The number of aromatic hydroxyl groups is 2. The molecule has 0 saturated heterocycles. The Morgan fingerprint density at radius 2 is 0.848 bits per heavy atom. The predicted molar refractivity (Wildman–Crippen MR) is 195 cm³/mol. The van der Waals surface area contributed by atoms with Crippen molar-refractivity contribution in [1.29, 1.82) is 0 Å². The van der Waals surface area contributed by atoms with E-state index in [0.29, 0.717) is 24.6 Å². The van der Waals surface area contributed by atoms with Gasteiger partial charge in [-0.15, -0.1) is 0 Å². The fourth-order valence-electron chi connectivity index (χ4n) is 6.44. The zero-order valence-corrected chi connectivity index (χ0v) is 27.7. The van der Waals surface area contributed by atoms with Gasteiger partial charge in [0.05, 0.1) is 0 Å². The van der Waals surface area contributed by atoms with Crippen molar-refractivity contribution in [1.82, 2.24) is 0 Å². The second-order valence-corrected chi connectivity index (χ2v) is 14.3. The third-order valence-corrected chi connectivity index (χ3v) is 8.90. The lowest BCUT2D eigenvalue weighted by atomic mass is 9.85. The molecule has 6 aromatic carbocycles. The van der Waals surface area contributed by atoms with Gasteiger partial charge in [-0.3, -0.25) is 0 Å². The van der Waals surface area contributed by atoms with Gasteiger partial charge in [0.2, 0.25) is 0 Å². The molecule has 0 atom stereocenters. The van der Waals surface area contributed by atoms with E-state index in [-0.39, 0.29) is 10.8 Å². The highest BCUT2D eigenvalue weighted by molar-refractivity contribution is 6.13. The molecule has 4 nitrogen and oxygen atoms in total. The summed E-state index contributed by atoms with van der Waals surface area (Å²) in [4.78, 5) is 0. The van der Waals surface area contributed by atoms with Gasteiger partial charge in [0, 0.05) is 46.7 Å². The number of anilines is 2. The zero-order valence-electron chi connectivity index (χ0n) is 27.7. The number of nitrogens with one attached hydrogen (secondary N) is 2. The van der Waals surface area contributed by atoms with Crippen LogP contribution in [0.4, 0.5) is 11.4 Å². The first kappa shape index (κ1) is 31.0. The molecule has 4 N–H and O–H groups in total. The highest BCUT2D eigenvalue weighted by atomic mass is 16.3. The van der Waals surface area contributed by atoms with E-state index in [1.807, 2.05) is 36.4 Å². The smallest absolute Gasteiger partial charge is 0.124 e. The molecular formula is C42H44N2O2. The SMILES string of the molecule is CC(C)(C)c1cccc(CNc2ccc3ccccc3c2-c2c(NCc3cccc(C(C)(C)C)c3O)ccc3ccccc23)c1O. The highest BCUT2D eigenvalue weighted by Gasteiger charge is 2.22. The van der Waals surface area contributed by atoms with Crippen LogP contribution >= 0.6 is 0 Å². The molecule has 0 aromatic heterocycles. The van der Waals surface area contributed by atoms with Crippen molar-refractivity contribution in [2.24, 2.45) is 0 Å². The Balaban J connectivity index is 1.48. The molecule has 46 heavy (non-hydrogen) atoms. The van der Waals surface area contributed by atoms with Crippen molar-refractivity contribution in [3.05, 3.63) is 131 Å². The Kier molecular flexibility index (Phi) is 8.16. The number of hydrogen-bond donors (Lipinski definition) is 4. The number of phenolic OH excluding ortho intramolecular Hbond substituents is 2. The van der Waals surface area contributed by atoms with Gasteiger partial charge in [0.25, 0.3) is 0 Å². The van der Waals surface area contributed by atoms with E-state index in [1.165, 1.54) is 0 Å². The van der Waals surface area contributed by atoms with Crippen LogP contribution in [-0.4, -0.2) is 10.2 Å². The van der Waals surface area contributed by atoms with E-state index in [9.17, 15) is 10.2 Å². The lowest BCUT2D eigenvalue weighted by Crippen LogP contribution is -2.13. The lowest BCUT2D eigenvalue weighted by Gasteiger charge is -2.24. The molecule has 0 aliphatic heterocycles. The predicted octanol–water partition coefficient (Wildman–Crippen LogP) is 10.9. The Hall–Kier alpha value is -4.96. The minimum absolute atomic E-state index is 0.168. The van der Waals surface area contributed by atoms with Crippen molar-refractivity contribution in [3.8, 4) is 22.6 Å². The number of rotatable bonds is 7. The van der Waals surface area contributed by atoms with Crippen LogP contribution in [0.25, 0.3) is 32.7 Å². The molecule has 0 unspecified atom stereocenters. The Morgan fingerprint density at radius 1 is 0.457 bits per heavy atom. The van der Waals surface area contributed by atoms with Crippen molar-refractivity contribution >= 4 is 32.9 Å². The summed E-state index contributed by atoms with van der Waals surface area (Å²) < 4.78 is 0. The van der Waals surface area contributed by atoms with Gasteiger partial charge in [-0.1, -0.05) is 139 Å². The molecule has 0 saturated carbocycles. The molecular weight excluding hydrogens is 564 g/mol. The third kappa shape index (κ3) is 6.00. The average Bonchev–Trinajstić information content (AvgIpc) is 3.02. The van der Waals surface area contributed by atoms with Crippen LogP contribution in [-0.2, 0) is 23.9 Å². The summed E-state index contributed by atoms with van der Waals surface area (Å²) in [5, 5.41) is 34.5. The molecule has 0 amide bonds. The fourth-order valence-corrected chi connectivity index (χ4v) is 6.44. The molecule has 0 aliphatic carbocycles. The van der Waals surface area contributed by atoms with E-state index < -0.39 is 0 Å². The van der Waals surface area contributed by atoms with Crippen LogP contribution in [0.3, 0.4) is 0 Å². The molecule has 4 heteroatoms. The summed E-state index contributed by atoms with van der Waals surface area (Å²) in [7, 11) is 0. The van der Waals surface area contributed by atoms with E-state index >= 15 is 0 Å². The quantitative estimate of drug-likeness (QED) is 0.146. The molecule has 6 aromatic rings. The summed E-state index contributed by atoms with van der Waals surface area (Å²) >= 11 is 0. The first-order valence-electron chi connectivity index (χ1n) is 16.1. The Morgan fingerprint density at radius 3 is 1.24 bits per heavy atom. The standard InChI is InChI=1S/C42H44N2O2/c1-41(2,3)33-19-11-15-29(39(33)45)25-43-35-23-21-27-13-7-9-17-31(27)37(35)38-32-18-10-8-14-28(32)22-24-36(38)44-26-30-16-12-20-34(40(30)46)42(4,5)6/h7-24,43-46H,25-26H2,1-6H3. The molecule has 0 fully saturated rings. The van der Waals surface area contributed by atoms with E-state index in [0.717, 1.165) is 66.3 Å². The van der Waals surface area contributed by atoms with Gasteiger partial charge in [-0.05, 0) is 55.6 Å². The van der Waals surface area contributed by atoms with Crippen LogP contribution in [0.2, 0.25) is 0 Å². The highest BCUT2D eigenvalue weighted by Crippen LogP contribution is 2.44. The first-order valence-corrected chi connectivity index (χ1v) is 16.1. The number of fused-ring (bicyclic) bond motifs is 2. The fraction of sp³-hybridized carbons (Fsp3) is 0.238. The average molecular weight is 609 g/mol. The number of hydrogen-bond acceptors (Lipinski definition) is 4. The largest absolute Gasteiger partial charge is 0.507 e. The Labute approximate surface area is 272 Å². The molecule has 0 bridgehead atoms. The van der Waals surface area contributed by atoms with Crippen LogP contribution in [0.5, 0.6) is 11.5 Å². The van der Waals surface area contributed by atoms with E-state index in [1.54, 1.807) is 0 Å². The third-order valence-electron chi connectivity index (χ3n) is 8.90. The summed E-state index contributed by atoms with van der Waals surface area (Å²) in [6, 6.07) is 37.6. The van der Waals surface area contributed by atoms with Gasteiger partial charge in [0.1, 0.15) is 11.5 Å². The molecule has 0 aliphatic rings. The van der Waals surface area contributed by atoms with Crippen molar-refractivity contribution in [3.63, 3.8) is 0 Å². The number of benzene rings is 6. The lowest BCUT2D eigenvalue weighted by molar-refractivity contribution is 0.440. The van der Waals surface area contributed by atoms with Crippen LogP contribution in [0, 0.1) is 0 Å². The normalized spacial score (nSPS) is 12.0. The van der Waals surface area contributed by atoms with E-state index in [2.05, 4.69) is 125 Å². The monoisotopic (exact) mass is 608 g/mol. The van der Waals surface area contributed by atoms with Crippen LogP contribution < -0.4 is 10.6 Å². The van der Waals surface area contributed by atoms with E-state index in [4.69, 9.17) is 0 Å². The molecule has 0 heterocycles. The number of para-hydroxylation sites is 2. The van der Waals surface area contributed by atoms with Gasteiger partial charge in [-0.2, -0.15) is 0 Å². The maximum Gasteiger partial charge on any atom is 0.124 e. The second kappa shape index (κ2) is 12.1. The zero-order chi connectivity index (χ0) is 32.6. The van der Waals surface area contributed by atoms with Crippen LogP contribution in [0.1, 0.15) is 63.8 Å². The van der Waals surface area contributed by atoms with Gasteiger partial charge in [0.15, 0.2) is 0 Å². The molecule has 0 spiro atoms. The minimum atomic E-state index is -0.168. The summed E-state index contributed by atoms with van der Waals surface area (Å²) in [5.74, 6) is 0.685. The molecule has 6 rings (SSSR count). The summed E-state index contributed by atoms with van der Waals surface area (Å²) in [6.45, 7) is 13.7. The summed E-state index contributed by atoms with van der Waals surface area (Å²) in [5.41, 5.74) is 7.40. The van der Waals surface area contributed by atoms with Gasteiger partial charge >= 0.3 is 0 Å². The first-order chi connectivity index (χ1) is 21.9. The minimum Gasteiger partial charge on any atom is -0.507 e. The van der Waals surface area contributed by atoms with Crippen molar-refractivity contribution < 1.29 is 10.2 Å². The summed E-state index contributed by atoms with van der Waals surface area (Å²) in [6.07, 6.45) is 0. The maximum absolute atomic E-state index is 11.2. The van der Waals surface area contributed by atoms with Crippen LogP contribution in [0.15, 0.2) is 109 Å². The van der Waals surface area contributed by atoms with Gasteiger partial charge in [-0.25, -0.2) is 0 Å². The van der Waals surface area contributed by atoms with Gasteiger partial charge < -0.3 is 20.8 Å². The Bertz CT molecular complexity index is 1900. The molecule has 0 radical (unpaired) electrons.